The first-order valence-corrected chi connectivity index (χ1v) is 12.1. The number of amides is 1. The van der Waals surface area contributed by atoms with E-state index in [2.05, 4.69) is 10.0 Å². The molecule has 0 atom stereocenters. The minimum atomic E-state index is -4.05. The lowest BCUT2D eigenvalue weighted by atomic mass is 10.1. The number of carbonyl (C=O) groups excluding carboxylic acids is 2. The lowest BCUT2D eigenvalue weighted by Gasteiger charge is -2.12. The third-order valence-electron chi connectivity index (χ3n) is 4.33. The maximum atomic E-state index is 12.7. The molecule has 11 heteroatoms. The van der Waals surface area contributed by atoms with Gasteiger partial charge in [0.2, 0.25) is 0 Å². The molecule has 172 valence electrons. The number of anilines is 2. The van der Waals surface area contributed by atoms with Gasteiger partial charge in [-0.05, 0) is 67.6 Å². The van der Waals surface area contributed by atoms with E-state index in [-0.39, 0.29) is 37.8 Å². The van der Waals surface area contributed by atoms with Crippen molar-refractivity contribution < 1.29 is 22.7 Å². The highest BCUT2D eigenvalue weighted by Gasteiger charge is 2.19. The summed E-state index contributed by atoms with van der Waals surface area (Å²) in [6.07, 6.45) is 0. The Balaban J connectivity index is 1.78. The molecule has 2 N–H and O–H groups in total. The van der Waals surface area contributed by atoms with Gasteiger partial charge < -0.3 is 10.1 Å². The zero-order valence-corrected chi connectivity index (χ0v) is 20.1. The van der Waals surface area contributed by atoms with Crippen molar-refractivity contribution in [3.05, 3.63) is 86.9 Å². The molecule has 0 saturated heterocycles. The minimum absolute atomic E-state index is 0.00745. The number of rotatable bonds is 7. The van der Waals surface area contributed by atoms with Crippen molar-refractivity contribution in [1.29, 1.82) is 0 Å². The molecule has 3 aromatic carbocycles. The van der Waals surface area contributed by atoms with E-state index in [0.29, 0.717) is 11.3 Å². The molecule has 0 aliphatic heterocycles. The maximum Gasteiger partial charge on any atom is 0.338 e. The smallest absolute Gasteiger partial charge is 0.338 e. The van der Waals surface area contributed by atoms with Gasteiger partial charge in [0.25, 0.3) is 15.9 Å². The second-order valence-corrected chi connectivity index (χ2v) is 9.53. The Labute approximate surface area is 205 Å². The Morgan fingerprint density at radius 3 is 2.12 bits per heavy atom. The number of sulfonamides is 1. The summed E-state index contributed by atoms with van der Waals surface area (Å²) in [7, 11) is -4.05. The van der Waals surface area contributed by atoms with Gasteiger partial charge in [-0.2, -0.15) is 0 Å². The number of halogens is 3. The van der Waals surface area contributed by atoms with Crippen molar-refractivity contribution in [3.63, 3.8) is 0 Å². The molecule has 1 amide bonds. The van der Waals surface area contributed by atoms with Crippen LogP contribution in [0.4, 0.5) is 11.4 Å². The van der Waals surface area contributed by atoms with E-state index in [0.717, 1.165) is 0 Å². The Morgan fingerprint density at radius 2 is 1.48 bits per heavy atom. The average molecular weight is 528 g/mol. The van der Waals surface area contributed by atoms with Crippen LogP contribution in [0.3, 0.4) is 0 Å². The number of hydrogen-bond donors (Lipinski definition) is 2. The first kappa shape index (κ1) is 24.9. The zero-order chi connectivity index (χ0) is 24.2. The summed E-state index contributed by atoms with van der Waals surface area (Å²) in [5.74, 6) is -0.975. The molecule has 0 heterocycles. The van der Waals surface area contributed by atoms with Gasteiger partial charge in [-0.3, -0.25) is 9.52 Å². The van der Waals surface area contributed by atoms with Crippen LogP contribution in [-0.4, -0.2) is 26.9 Å². The number of ether oxygens (including phenoxy) is 1. The molecule has 0 fully saturated rings. The van der Waals surface area contributed by atoms with Gasteiger partial charge in [-0.15, -0.1) is 0 Å². The fraction of sp³-hybridized carbons (Fsp3) is 0.0909. The largest absolute Gasteiger partial charge is 0.462 e. The topological polar surface area (TPSA) is 102 Å². The van der Waals surface area contributed by atoms with Crippen molar-refractivity contribution in [2.45, 2.75) is 11.8 Å². The number of nitrogens with one attached hydrogen (secondary N) is 2. The zero-order valence-electron chi connectivity index (χ0n) is 17.1. The molecule has 3 aromatic rings. The van der Waals surface area contributed by atoms with Crippen LogP contribution in [0.1, 0.15) is 27.6 Å². The summed E-state index contributed by atoms with van der Waals surface area (Å²) in [6, 6.07) is 14.1. The van der Waals surface area contributed by atoms with E-state index in [1.54, 1.807) is 19.1 Å². The second kappa shape index (κ2) is 10.4. The van der Waals surface area contributed by atoms with Crippen LogP contribution in [0.25, 0.3) is 0 Å². The lowest BCUT2D eigenvalue weighted by molar-refractivity contribution is 0.0526. The fourth-order valence-electron chi connectivity index (χ4n) is 2.70. The summed E-state index contributed by atoms with van der Waals surface area (Å²) in [5.41, 5.74) is 0.940. The summed E-state index contributed by atoms with van der Waals surface area (Å²) >= 11 is 17.9. The van der Waals surface area contributed by atoms with Crippen LogP contribution < -0.4 is 10.0 Å². The third kappa shape index (κ3) is 6.17. The van der Waals surface area contributed by atoms with Gasteiger partial charge in [0, 0.05) is 11.3 Å². The molecule has 7 nitrogen and oxygen atoms in total. The average Bonchev–Trinajstić information content (AvgIpc) is 2.77. The molecule has 0 aromatic heterocycles. The molecular weight excluding hydrogens is 511 g/mol. The molecule has 0 bridgehead atoms. The molecule has 0 radical (unpaired) electrons. The van der Waals surface area contributed by atoms with Crippen molar-refractivity contribution in [2.24, 2.45) is 0 Å². The molecule has 0 aliphatic carbocycles. The van der Waals surface area contributed by atoms with E-state index in [1.165, 1.54) is 48.5 Å². The van der Waals surface area contributed by atoms with Crippen LogP contribution >= 0.6 is 34.8 Å². The maximum absolute atomic E-state index is 12.7. The molecular formula is C22H17Cl3N2O5S. The number of carbonyl (C=O) groups is 2. The summed E-state index contributed by atoms with van der Waals surface area (Å²) in [6.45, 7) is 1.96. The van der Waals surface area contributed by atoms with Crippen molar-refractivity contribution in [3.8, 4) is 0 Å². The lowest BCUT2D eigenvalue weighted by Crippen LogP contribution is -2.15. The normalized spacial score (nSPS) is 11.0. The third-order valence-corrected chi connectivity index (χ3v) is 6.76. The van der Waals surface area contributed by atoms with Crippen LogP contribution in [0.5, 0.6) is 0 Å². The van der Waals surface area contributed by atoms with Crippen LogP contribution in [0, 0.1) is 0 Å². The van der Waals surface area contributed by atoms with Crippen LogP contribution in [0.2, 0.25) is 15.1 Å². The van der Waals surface area contributed by atoms with Crippen molar-refractivity contribution in [2.75, 3.05) is 16.6 Å². The highest BCUT2D eigenvalue weighted by Crippen LogP contribution is 2.29. The molecule has 3 rings (SSSR count). The van der Waals surface area contributed by atoms with E-state index in [1.807, 2.05) is 0 Å². The highest BCUT2D eigenvalue weighted by atomic mass is 35.5. The highest BCUT2D eigenvalue weighted by molar-refractivity contribution is 7.92. The second-order valence-electron chi connectivity index (χ2n) is 6.63. The van der Waals surface area contributed by atoms with Gasteiger partial charge in [-0.1, -0.05) is 34.8 Å². The Kier molecular flexibility index (Phi) is 7.86. The molecule has 0 saturated carbocycles. The van der Waals surface area contributed by atoms with Gasteiger partial charge in [-0.25, -0.2) is 13.2 Å². The predicted octanol–water partition coefficient (Wildman–Crippen LogP) is 5.88. The quantitative estimate of drug-likeness (QED) is 0.374. The molecule has 0 spiro atoms. The van der Waals surface area contributed by atoms with Crippen LogP contribution in [-0.2, 0) is 14.8 Å². The SMILES string of the molecule is CCOC(=O)c1ccc(NC(=O)c2ccc(Cl)c(NS(=O)(=O)c3ccc(Cl)c(Cl)c3)c2)cc1. The molecule has 0 unspecified atom stereocenters. The fourth-order valence-corrected chi connectivity index (χ4v) is 4.38. The van der Waals surface area contributed by atoms with Gasteiger partial charge >= 0.3 is 5.97 Å². The predicted molar refractivity (Wildman–Crippen MR) is 129 cm³/mol. The van der Waals surface area contributed by atoms with Gasteiger partial charge in [0.15, 0.2) is 0 Å². The van der Waals surface area contributed by atoms with Crippen LogP contribution in [0.15, 0.2) is 65.6 Å². The van der Waals surface area contributed by atoms with Gasteiger partial charge in [0.05, 0.1) is 37.8 Å². The first-order chi connectivity index (χ1) is 15.6. The van der Waals surface area contributed by atoms with E-state index < -0.39 is 21.9 Å². The number of benzene rings is 3. The number of hydrogen-bond acceptors (Lipinski definition) is 5. The van der Waals surface area contributed by atoms with E-state index in [4.69, 9.17) is 39.5 Å². The summed E-state index contributed by atoms with van der Waals surface area (Å²) < 4.78 is 32.7. The summed E-state index contributed by atoms with van der Waals surface area (Å²) in [5, 5.41) is 3.05. The van der Waals surface area contributed by atoms with Crippen molar-refractivity contribution in [1.82, 2.24) is 0 Å². The van der Waals surface area contributed by atoms with Crippen molar-refractivity contribution >= 4 is 68.1 Å². The van der Waals surface area contributed by atoms with E-state index in [9.17, 15) is 18.0 Å². The molecule has 0 aliphatic rings. The standard InChI is InChI=1S/C22H17Cl3N2O5S/c1-2-32-22(29)13-3-6-15(7-4-13)26-21(28)14-5-9-18(24)20(11-14)27-33(30,31)16-8-10-17(23)19(25)12-16/h3-12,27H,2H2,1H3,(H,26,28). The Hall–Kier alpha value is -2.78. The molecule has 33 heavy (non-hydrogen) atoms. The minimum Gasteiger partial charge on any atom is -0.462 e. The Bertz CT molecular complexity index is 1310. The first-order valence-electron chi connectivity index (χ1n) is 9.46. The summed E-state index contributed by atoms with van der Waals surface area (Å²) in [4.78, 5) is 24.3. The Morgan fingerprint density at radius 1 is 0.848 bits per heavy atom. The number of esters is 1. The monoisotopic (exact) mass is 526 g/mol. The van der Waals surface area contributed by atoms with E-state index >= 15 is 0 Å². The van der Waals surface area contributed by atoms with Gasteiger partial charge in [0.1, 0.15) is 0 Å².